The summed E-state index contributed by atoms with van der Waals surface area (Å²) >= 11 is 0. The number of ether oxygens (including phenoxy) is 1. The van der Waals surface area contributed by atoms with Crippen LogP contribution >= 0.6 is 0 Å². The lowest BCUT2D eigenvalue weighted by Gasteiger charge is -2.40. The van der Waals surface area contributed by atoms with Crippen LogP contribution in [-0.2, 0) is 29.3 Å². The molecule has 0 spiro atoms. The van der Waals surface area contributed by atoms with Crippen molar-refractivity contribution >= 4 is 34.3 Å². The third kappa shape index (κ3) is 9.64. The van der Waals surface area contributed by atoms with Gasteiger partial charge < -0.3 is 19.8 Å². The van der Waals surface area contributed by atoms with Crippen LogP contribution in [0.4, 0.5) is 28.4 Å². The Morgan fingerprint density at radius 1 is 0.764 bits per heavy atom. The molecular weight excluding hydrogens is 714 g/mol. The number of non-ortho nitro benzene ring substituents is 3. The van der Waals surface area contributed by atoms with Crippen molar-refractivity contribution in [1.29, 1.82) is 0 Å². The molecule has 0 heterocycles. The third-order valence-corrected chi connectivity index (χ3v) is 9.89. The Hall–Kier alpha value is -6.29. The van der Waals surface area contributed by atoms with E-state index < -0.39 is 14.8 Å². The number of aromatic hydroxyl groups is 2. The van der Waals surface area contributed by atoms with Gasteiger partial charge in [-0.05, 0) is 66.6 Å². The van der Waals surface area contributed by atoms with Crippen molar-refractivity contribution < 1.29 is 39.4 Å². The molecule has 16 heteroatoms. The summed E-state index contributed by atoms with van der Waals surface area (Å²) in [5.41, 5.74) is 0.760. The van der Waals surface area contributed by atoms with E-state index in [0.717, 1.165) is 31.4 Å². The van der Waals surface area contributed by atoms with Crippen LogP contribution in [0.3, 0.4) is 0 Å². The molecule has 1 aliphatic carbocycles. The first-order chi connectivity index (χ1) is 26.1. The molecule has 1 amide bonds. The number of hydrogen-bond donors (Lipinski definition) is 2. The van der Waals surface area contributed by atoms with Crippen molar-refractivity contribution in [2.24, 2.45) is 17.8 Å². The van der Waals surface area contributed by atoms with Crippen LogP contribution in [0.25, 0.3) is 0 Å². The van der Waals surface area contributed by atoms with E-state index in [1.807, 2.05) is 0 Å². The molecule has 2 N–H and O–H groups in total. The first-order valence-corrected chi connectivity index (χ1v) is 17.8. The Morgan fingerprint density at radius 3 is 1.84 bits per heavy atom. The minimum atomic E-state index is -0.618. The van der Waals surface area contributed by atoms with Crippen LogP contribution in [-0.4, -0.2) is 37.0 Å². The predicted octanol–water partition coefficient (Wildman–Crippen LogP) is 8.35. The quantitative estimate of drug-likeness (QED) is 0.0865. The fraction of sp³-hybridized carbons (Fsp3) is 0.359. The number of amides is 1. The van der Waals surface area contributed by atoms with Gasteiger partial charge in [0.25, 0.3) is 17.1 Å². The first kappa shape index (κ1) is 39.9. The standard InChI is InChI=1S/C39H43N5O11/c1-24(2)39-25(3)6-5-7-38(39)55-41(26(4)45)31-10-8-30(9-11-31)40(21-27-18-32(42(48)49)12-15-35(27)46)22-28-19-34(44(52)53)14-17-37(28)54-23-29-20-33(43(50)51)13-16-36(29)47/h8-20,24-25,38-39,46-47H,5-7,21-23H2,1-4H3. The van der Waals surface area contributed by atoms with E-state index in [0.29, 0.717) is 23.2 Å². The van der Waals surface area contributed by atoms with Crippen LogP contribution in [0.5, 0.6) is 17.2 Å². The average Bonchev–Trinajstić information content (AvgIpc) is 3.14. The smallest absolute Gasteiger partial charge is 0.270 e. The summed E-state index contributed by atoms with van der Waals surface area (Å²) in [7, 11) is 0. The van der Waals surface area contributed by atoms with E-state index in [-0.39, 0.29) is 88.6 Å². The number of benzene rings is 4. The molecule has 4 aromatic carbocycles. The van der Waals surface area contributed by atoms with Crippen LogP contribution in [0.1, 0.15) is 63.6 Å². The molecule has 1 fully saturated rings. The number of phenolic OH excluding ortho intramolecular Hbond substituents is 2. The van der Waals surface area contributed by atoms with Crippen LogP contribution in [0, 0.1) is 48.1 Å². The maximum atomic E-state index is 13.0. The summed E-state index contributed by atoms with van der Waals surface area (Å²) < 4.78 is 5.99. The SMILES string of the molecule is CC(=O)N(OC1CCCC(C)C1C(C)C)c1ccc(N(Cc2cc([N+](=O)[O-])ccc2O)Cc2cc([N+](=O)[O-])ccc2OCc2cc([N+](=O)[O-])ccc2O)cc1. The zero-order chi connectivity index (χ0) is 40.0. The predicted molar refractivity (Wildman–Crippen MR) is 203 cm³/mol. The number of nitro benzene ring substituents is 3. The third-order valence-electron chi connectivity index (χ3n) is 9.89. The van der Waals surface area contributed by atoms with Crippen LogP contribution < -0.4 is 14.7 Å². The molecule has 0 radical (unpaired) electrons. The molecule has 1 aliphatic rings. The average molecular weight is 758 g/mol. The van der Waals surface area contributed by atoms with Gasteiger partial charge in [-0.2, -0.15) is 5.06 Å². The Bertz CT molecular complexity index is 2060. The second kappa shape index (κ2) is 17.2. The van der Waals surface area contributed by atoms with Crippen molar-refractivity contribution in [3.63, 3.8) is 0 Å². The van der Waals surface area contributed by atoms with E-state index in [1.54, 1.807) is 29.2 Å². The number of nitro groups is 3. The lowest BCUT2D eigenvalue weighted by Crippen LogP contribution is -2.43. The highest BCUT2D eigenvalue weighted by Gasteiger charge is 2.36. The molecule has 55 heavy (non-hydrogen) atoms. The lowest BCUT2D eigenvalue weighted by atomic mass is 9.72. The number of hydroxylamine groups is 1. The second-order valence-electron chi connectivity index (χ2n) is 14.0. The second-order valence-corrected chi connectivity index (χ2v) is 14.0. The van der Waals surface area contributed by atoms with Crippen molar-refractivity contribution in [2.75, 3.05) is 9.96 Å². The zero-order valence-electron chi connectivity index (χ0n) is 30.9. The number of carbonyl (C=O) groups excluding carboxylic acids is 1. The summed E-state index contributed by atoms with van der Waals surface area (Å²) in [5, 5.41) is 57.3. The monoisotopic (exact) mass is 757 g/mol. The minimum absolute atomic E-state index is 0.0949. The lowest BCUT2D eigenvalue weighted by molar-refractivity contribution is -0.385. The number of nitrogens with zero attached hydrogens (tertiary/aromatic N) is 5. The van der Waals surface area contributed by atoms with Gasteiger partial charge in [-0.15, -0.1) is 0 Å². The Kier molecular flexibility index (Phi) is 12.5. The minimum Gasteiger partial charge on any atom is -0.508 e. The number of carbonyl (C=O) groups is 1. The first-order valence-electron chi connectivity index (χ1n) is 17.8. The van der Waals surface area contributed by atoms with Gasteiger partial charge in [-0.1, -0.05) is 33.6 Å². The Morgan fingerprint density at radius 2 is 1.27 bits per heavy atom. The Balaban J connectivity index is 1.51. The largest absolute Gasteiger partial charge is 0.508 e. The van der Waals surface area contributed by atoms with Crippen molar-refractivity contribution in [3.05, 3.63) is 126 Å². The number of phenols is 2. The molecule has 0 bridgehead atoms. The fourth-order valence-corrected chi connectivity index (χ4v) is 7.22. The Labute approximate surface area is 316 Å². The molecule has 16 nitrogen and oxygen atoms in total. The van der Waals surface area contributed by atoms with Gasteiger partial charge >= 0.3 is 0 Å². The highest BCUT2D eigenvalue weighted by molar-refractivity contribution is 5.89. The van der Waals surface area contributed by atoms with Gasteiger partial charge in [-0.25, -0.2) is 0 Å². The topological polar surface area (TPSA) is 212 Å². The molecule has 3 atom stereocenters. The molecule has 0 aliphatic heterocycles. The molecule has 3 unspecified atom stereocenters. The van der Waals surface area contributed by atoms with E-state index >= 15 is 0 Å². The summed E-state index contributed by atoms with van der Waals surface area (Å²) in [6.45, 7) is 7.40. The van der Waals surface area contributed by atoms with E-state index in [9.17, 15) is 45.4 Å². The van der Waals surface area contributed by atoms with Gasteiger partial charge in [0, 0.05) is 78.8 Å². The normalized spacial score (nSPS) is 16.7. The summed E-state index contributed by atoms with van der Waals surface area (Å²) in [5.74, 6) is 0.377. The van der Waals surface area contributed by atoms with Crippen LogP contribution in [0.2, 0.25) is 0 Å². The summed E-state index contributed by atoms with van der Waals surface area (Å²) in [6, 6.07) is 17.7. The van der Waals surface area contributed by atoms with E-state index in [1.165, 1.54) is 54.5 Å². The number of rotatable bonds is 15. The van der Waals surface area contributed by atoms with Gasteiger partial charge in [0.2, 0.25) is 5.91 Å². The summed E-state index contributed by atoms with van der Waals surface area (Å²) in [4.78, 5) is 54.1. The highest BCUT2D eigenvalue weighted by atomic mass is 16.7. The maximum absolute atomic E-state index is 13.0. The number of anilines is 2. The van der Waals surface area contributed by atoms with Crippen molar-refractivity contribution in [1.82, 2.24) is 0 Å². The van der Waals surface area contributed by atoms with Gasteiger partial charge in [0.1, 0.15) is 23.9 Å². The summed E-state index contributed by atoms with van der Waals surface area (Å²) in [6.07, 6.45) is 2.71. The molecule has 290 valence electrons. The molecule has 5 rings (SSSR count). The van der Waals surface area contributed by atoms with Crippen molar-refractivity contribution in [2.45, 2.75) is 72.8 Å². The van der Waals surface area contributed by atoms with Gasteiger partial charge in [0.05, 0.1) is 26.6 Å². The molecule has 0 saturated heterocycles. The molecule has 1 saturated carbocycles. The fourth-order valence-electron chi connectivity index (χ4n) is 7.22. The van der Waals surface area contributed by atoms with Gasteiger partial charge in [-0.3, -0.25) is 40.0 Å². The van der Waals surface area contributed by atoms with E-state index in [4.69, 9.17) is 9.57 Å². The molecular formula is C39H43N5O11. The number of hydrogen-bond acceptors (Lipinski definition) is 12. The maximum Gasteiger partial charge on any atom is 0.270 e. The molecule has 0 aromatic heterocycles. The van der Waals surface area contributed by atoms with E-state index in [2.05, 4.69) is 20.8 Å². The van der Waals surface area contributed by atoms with Crippen LogP contribution in [0.15, 0.2) is 78.9 Å². The van der Waals surface area contributed by atoms with Gasteiger partial charge in [0.15, 0.2) is 0 Å². The zero-order valence-corrected chi connectivity index (χ0v) is 30.9. The highest BCUT2D eigenvalue weighted by Crippen LogP contribution is 2.39. The molecule has 4 aromatic rings. The van der Waals surface area contributed by atoms with Crippen molar-refractivity contribution in [3.8, 4) is 17.2 Å².